The molecule has 1 fully saturated rings. The van der Waals surface area contributed by atoms with Gasteiger partial charge in [0.25, 0.3) is 11.5 Å². The molecule has 4 heterocycles. The molecule has 1 aliphatic heterocycles. The SMILES string of the molecule is COc1cc(C)[nH]c(=O)c1CNC(=O)c1c(C)n(CC2CCN(Cc3ccccn3)CC2)c2ccccc12. The van der Waals surface area contributed by atoms with Gasteiger partial charge in [0.2, 0.25) is 0 Å². The first-order valence-corrected chi connectivity index (χ1v) is 13.2. The average Bonchev–Trinajstić information content (AvgIpc) is 3.20. The third-order valence-corrected chi connectivity index (χ3v) is 7.59. The molecule has 4 aromatic rings. The lowest BCUT2D eigenvalue weighted by molar-refractivity contribution is 0.0951. The van der Waals surface area contributed by atoms with Crippen LogP contribution in [-0.4, -0.2) is 45.5 Å². The maximum Gasteiger partial charge on any atom is 0.256 e. The van der Waals surface area contributed by atoms with Gasteiger partial charge in [-0.2, -0.15) is 0 Å². The first kappa shape index (κ1) is 25.7. The molecular weight excluding hydrogens is 478 g/mol. The lowest BCUT2D eigenvalue weighted by atomic mass is 9.96. The molecule has 2 N–H and O–H groups in total. The molecule has 8 nitrogen and oxygen atoms in total. The van der Waals surface area contributed by atoms with Gasteiger partial charge < -0.3 is 19.6 Å². The molecule has 8 heteroatoms. The summed E-state index contributed by atoms with van der Waals surface area (Å²) in [5.74, 6) is 0.820. The van der Waals surface area contributed by atoms with E-state index in [1.807, 2.05) is 43.5 Å². The molecule has 0 spiro atoms. The van der Waals surface area contributed by atoms with Crippen molar-refractivity contribution in [3.63, 3.8) is 0 Å². The van der Waals surface area contributed by atoms with Gasteiger partial charge in [-0.1, -0.05) is 24.3 Å². The van der Waals surface area contributed by atoms with Gasteiger partial charge in [0.15, 0.2) is 0 Å². The van der Waals surface area contributed by atoms with Gasteiger partial charge in [-0.25, -0.2) is 0 Å². The highest BCUT2D eigenvalue weighted by Gasteiger charge is 2.25. The van der Waals surface area contributed by atoms with Crippen molar-refractivity contribution in [1.82, 2.24) is 24.8 Å². The summed E-state index contributed by atoms with van der Waals surface area (Å²) >= 11 is 0. The van der Waals surface area contributed by atoms with E-state index in [4.69, 9.17) is 4.74 Å². The fraction of sp³-hybridized carbons (Fsp3) is 0.367. The number of likely N-dealkylation sites (tertiary alicyclic amines) is 1. The third-order valence-electron chi connectivity index (χ3n) is 7.59. The normalized spacial score (nSPS) is 14.6. The second kappa shape index (κ2) is 11.2. The Bertz CT molecular complexity index is 1480. The van der Waals surface area contributed by atoms with Gasteiger partial charge in [-0.3, -0.25) is 19.5 Å². The van der Waals surface area contributed by atoms with Crippen molar-refractivity contribution in [3.8, 4) is 5.75 Å². The standard InChI is InChI=1S/C30H35N5O3/c1-20-16-27(38-3)25(29(36)33-20)17-32-30(37)28-21(2)35(26-10-5-4-9-24(26)28)18-22-11-14-34(15-12-22)19-23-8-6-7-13-31-23/h4-10,13,16,22H,11-12,14-15,17-19H2,1-3H3,(H,32,37)(H,33,36). The third kappa shape index (κ3) is 5.36. The molecule has 5 rings (SSSR count). The van der Waals surface area contributed by atoms with E-state index >= 15 is 0 Å². The number of carbonyl (C=O) groups excluding carboxylic acids is 1. The summed E-state index contributed by atoms with van der Waals surface area (Å²) in [6.07, 6.45) is 4.07. The highest BCUT2D eigenvalue weighted by molar-refractivity contribution is 6.08. The van der Waals surface area contributed by atoms with Crippen LogP contribution in [0, 0.1) is 19.8 Å². The molecule has 0 radical (unpaired) electrons. The van der Waals surface area contributed by atoms with Crippen LogP contribution in [0.1, 0.15) is 45.8 Å². The topological polar surface area (TPSA) is 92.2 Å². The number of aromatic amines is 1. The molecule has 1 aliphatic rings. The largest absolute Gasteiger partial charge is 0.496 e. The van der Waals surface area contributed by atoms with Gasteiger partial charge in [0, 0.05) is 41.6 Å². The molecule has 3 aromatic heterocycles. The number of fused-ring (bicyclic) bond motifs is 1. The number of piperidine rings is 1. The number of benzene rings is 1. The number of nitrogens with zero attached hydrogens (tertiary/aromatic N) is 3. The summed E-state index contributed by atoms with van der Waals surface area (Å²) in [5.41, 5.74) is 4.65. The van der Waals surface area contributed by atoms with Crippen LogP contribution in [0.2, 0.25) is 0 Å². The molecule has 0 atom stereocenters. The van der Waals surface area contributed by atoms with E-state index in [9.17, 15) is 9.59 Å². The summed E-state index contributed by atoms with van der Waals surface area (Å²) < 4.78 is 7.68. The molecule has 0 bridgehead atoms. The number of hydrogen-bond acceptors (Lipinski definition) is 5. The number of methoxy groups -OCH3 is 1. The van der Waals surface area contributed by atoms with Crippen molar-refractivity contribution in [2.24, 2.45) is 5.92 Å². The minimum absolute atomic E-state index is 0.0886. The molecule has 1 saturated heterocycles. The quantitative estimate of drug-likeness (QED) is 0.369. The summed E-state index contributed by atoms with van der Waals surface area (Å²) in [5, 5.41) is 3.89. The zero-order valence-electron chi connectivity index (χ0n) is 22.3. The van der Waals surface area contributed by atoms with Gasteiger partial charge in [-0.15, -0.1) is 0 Å². The fourth-order valence-corrected chi connectivity index (χ4v) is 5.55. The Balaban J connectivity index is 1.31. The number of ether oxygens (including phenoxy) is 1. The summed E-state index contributed by atoms with van der Waals surface area (Å²) in [4.78, 5) is 35.7. The molecule has 0 unspecified atom stereocenters. The smallest absolute Gasteiger partial charge is 0.256 e. The zero-order valence-corrected chi connectivity index (χ0v) is 22.3. The first-order valence-electron chi connectivity index (χ1n) is 13.2. The Labute approximate surface area is 222 Å². The molecule has 38 heavy (non-hydrogen) atoms. The van der Waals surface area contributed by atoms with Crippen LogP contribution in [0.15, 0.2) is 59.5 Å². The van der Waals surface area contributed by atoms with Crippen LogP contribution in [0.3, 0.4) is 0 Å². The lowest BCUT2D eigenvalue weighted by Crippen LogP contribution is -2.34. The average molecular weight is 514 g/mol. The minimum Gasteiger partial charge on any atom is -0.496 e. The summed E-state index contributed by atoms with van der Waals surface area (Å²) in [6, 6.07) is 15.9. The van der Waals surface area contributed by atoms with Crippen molar-refractivity contribution in [2.75, 3.05) is 20.2 Å². The van der Waals surface area contributed by atoms with Crippen molar-refractivity contribution in [2.45, 2.75) is 46.3 Å². The maximum atomic E-state index is 13.5. The van der Waals surface area contributed by atoms with Crippen LogP contribution < -0.4 is 15.6 Å². The van der Waals surface area contributed by atoms with E-state index in [1.54, 1.807) is 13.0 Å². The lowest BCUT2D eigenvalue weighted by Gasteiger charge is -2.32. The fourth-order valence-electron chi connectivity index (χ4n) is 5.55. The number of carbonyl (C=O) groups is 1. The molecule has 0 saturated carbocycles. The number of H-pyrrole nitrogens is 1. The number of pyridine rings is 2. The number of nitrogens with one attached hydrogen (secondary N) is 2. The molecule has 1 amide bonds. The van der Waals surface area contributed by atoms with Crippen LogP contribution in [0.25, 0.3) is 10.9 Å². The van der Waals surface area contributed by atoms with Gasteiger partial charge >= 0.3 is 0 Å². The van der Waals surface area contributed by atoms with Crippen LogP contribution >= 0.6 is 0 Å². The van der Waals surface area contributed by atoms with Crippen molar-refractivity contribution in [1.29, 1.82) is 0 Å². The predicted octanol–water partition coefficient (Wildman–Crippen LogP) is 4.19. The van der Waals surface area contributed by atoms with E-state index in [0.717, 1.165) is 61.3 Å². The van der Waals surface area contributed by atoms with Crippen molar-refractivity contribution < 1.29 is 9.53 Å². The number of aromatic nitrogens is 3. The van der Waals surface area contributed by atoms with Gasteiger partial charge in [0.1, 0.15) is 5.75 Å². The van der Waals surface area contributed by atoms with E-state index in [1.165, 1.54) is 7.11 Å². The molecule has 1 aromatic carbocycles. The minimum atomic E-state index is -0.254. The predicted molar refractivity (Wildman–Crippen MR) is 148 cm³/mol. The Morgan fingerprint density at radius 1 is 1.13 bits per heavy atom. The Kier molecular flexibility index (Phi) is 7.60. The summed E-state index contributed by atoms with van der Waals surface area (Å²) in [6.45, 7) is 7.75. The van der Waals surface area contributed by atoms with Crippen LogP contribution in [0.4, 0.5) is 0 Å². The van der Waals surface area contributed by atoms with Crippen LogP contribution in [-0.2, 0) is 19.6 Å². The highest BCUT2D eigenvalue weighted by Crippen LogP contribution is 2.29. The van der Waals surface area contributed by atoms with E-state index in [-0.39, 0.29) is 18.0 Å². The second-order valence-electron chi connectivity index (χ2n) is 10.1. The Hall–Kier alpha value is -3.91. The number of amides is 1. The molecular formula is C30H35N5O3. The van der Waals surface area contributed by atoms with Crippen molar-refractivity contribution in [3.05, 3.63) is 93.3 Å². The summed E-state index contributed by atoms with van der Waals surface area (Å²) in [7, 11) is 1.53. The van der Waals surface area contributed by atoms with Crippen LogP contribution in [0.5, 0.6) is 5.75 Å². The molecule has 0 aliphatic carbocycles. The Morgan fingerprint density at radius 3 is 2.63 bits per heavy atom. The number of aryl methyl sites for hydroxylation is 1. The van der Waals surface area contributed by atoms with Gasteiger partial charge in [0.05, 0.1) is 30.5 Å². The molecule has 198 valence electrons. The zero-order chi connectivity index (χ0) is 26.6. The van der Waals surface area contributed by atoms with E-state index in [2.05, 4.69) is 36.9 Å². The highest BCUT2D eigenvalue weighted by atomic mass is 16.5. The van der Waals surface area contributed by atoms with Gasteiger partial charge in [-0.05, 0) is 70.0 Å². The van der Waals surface area contributed by atoms with E-state index < -0.39 is 0 Å². The Morgan fingerprint density at radius 2 is 1.89 bits per heavy atom. The second-order valence-corrected chi connectivity index (χ2v) is 10.1. The van der Waals surface area contributed by atoms with Crippen molar-refractivity contribution >= 4 is 16.8 Å². The number of para-hydroxylation sites is 1. The number of hydrogen-bond donors (Lipinski definition) is 2. The monoisotopic (exact) mass is 513 g/mol. The first-order chi connectivity index (χ1) is 18.4. The number of rotatable bonds is 8. The van der Waals surface area contributed by atoms with E-state index in [0.29, 0.717) is 28.5 Å². The maximum absolute atomic E-state index is 13.5.